The van der Waals surface area contributed by atoms with Gasteiger partial charge in [0.2, 0.25) is 0 Å². The molecule has 0 aliphatic heterocycles. The minimum absolute atomic E-state index is 0.157. The second-order valence-electron chi connectivity index (χ2n) is 5.31. The minimum Gasteiger partial charge on any atom is -0.260 e. The van der Waals surface area contributed by atoms with Crippen molar-refractivity contribution in [2.24, 2.45) is 10.2 Å². The van der Waals surface area contributed by atoms with E-state index in [2.05, 4.69) is 31.3 Å². The van der Waals surface area contributed by atoms with Crippen LogP contribution in [0, 0.1) is 11.6 Å². The highest BCUT2D eigenvalue weighted by Gasteiger charge is 2.04. The Morgan fingerprint density at radius 1 is 0.714 bits per heavy atom. The summed E-state index contributed by atoms with van der Waals surface area (Å²) in [6, 6.07) is 11.8. The summed E-state index contributed by atoms with van der Waals surface area (Å²) in [6.45, 7) is 0. The molecule has 0 aliphatic carbocycles. The average Bonchev–Trinajstić information content (AvgIpc) is 2.67. The van der Waals surface area contributed by atoms with Crippen molar-refractivity contribution in [1.82, 2.24) is 10.2 Å². The van der Waals surface area contributed by atoms with Crippen LogP contribution in [0.5, 0.6) is 0 Å². The minimum atomic E-state index is -0.489. The first-order chi connectivity index (χ1) is 13.5. The van der Waals surface area contributed by atoms with E-state index in [9.17, 15) is 8.78 Å². The Balaban J connectivity index is 1.59. The van der Waals surface area contributed by atoms with Crippen molar-refractivity contribution in [3.05, 3.63) is 81.3 Å². The molecule has 0 spiro atoms. The summed E-state index contributed by atoms with van der Waals surface area (Å²) in [5.41, 5.74) is 5.53. The van der Waals surface area contributed by atoms with E-state index >= 15 is 0 Å². The van der Waals surface area contributed by atoms with Gasteiger partial charge in [0.25, 0.3) is 0 Å². The predicted molar refractivity (Wildman–Crippen MR) is 107 cm³/mol. The van der Waals surface area contributed by atoms with Crippen LogP contribution in [-0.4, -0.2) is 22.6 Å². The molecule has 3 aromatic rings. The van der Waals surface area contributed by atoms with Gasteiger partial charge >= 0.3 is 0 Å². The molecule has 6 nitrogen and oxygen atoms in total. The number of rotatable bonds is 6. The van der Waals surface area contributed by atoms with Crippen LogP contribution in [0.4, 0.5) is 20.4 Å². The van der Waals surface area contributed by atoms with Gasteiger partial charge in [0.05, 0.1) is 22.5 Å². The van der Waals surface area contributed by atoms with Crippen LogP contribution in [0.2, 0.25) is 10.0 Å². The molecular weight excluding hydrogens is 409 g/mol. The summed E-state index contributed by atoms with van der Waals surface area (Å²) in [6.07, 6.45) is 2.49. The van der Waals surface area contributed by atoms with Crippen LogP contribution < -0.4 is 10.9 Å². The summed E-state index contributed by atoms with van der Waals surface area (Å²) in [5.74, 6) is -0.348. The number of hydrazone groups is 2. The van der Waals surface area contributed by atoms with Crippen molar-refractivity contribution in [3.8, 4) is 0 Å². The molecule has 0 fully saturated rings. The Labute approximate surface area is 168 Å². The molecule has 2 aromatic carbocycles. The fourth-order valence-electron chi connectivity index (χ4n) is 2.05. The fraction of sp³-hybridized carbons (Fsp3) is 0. The highest BCUT2D eigenvalue weighted by Crippen LogP contribution is 2.18. The predicted octanol–water partition coefficient (Wildman–Crippen LogP) is 4.95. The molecule has 0 saturated carbocycles. The molecule has 10 heteroatoms. The Kier molecular flexibility index (Phi) is 6.46. The van der Waals surface area contributed by atoms with Gasteiger partial charge in [-0.05, 0) is 36.4 Å². The summed E-state index contributed by atoms with van der Waals surface area (Å²) < 4.78 is 27.3. The molecule has 0 radical (unpaired) electrons. The molecule has 0 aliphatic rings. The molecule has 0 amide bonds. The quantitative estimate of drug-likeness (QED) is 0.436. The van der Waals surface area contributed by atoms with Gasteiger partial charge in [-0.3, -0.25) is 10.9 Å². The van der Waals surface area contributed by atoms with Gasteiger partial charge in [-0.1, -0.05) is 35.3 Å². The molecule has 0 bridgehead atoms. The van der Waals surface area contributed by atoms with Crippen molar-refractivity contribution >= 4 is 47.3 Å². The summed E-state index contributed by atoms with van der Waals surface area (Å²) in [5, 5.41) is 16.0. The van der Waals surface area contributed by atoms with Gasteiger partial charge in [-0.2, -0.15) is 10.2 Å². The first-order valence-electron chi connectivity index (χ1n) is 7.84. The third kappa shape index (κ3) is 4.99. The van der Waals surface area contributed by atoms with E-state index in [1.807, 2.05) is 0 Å². The van der Waals surface area contributed by atoms with E-state index in [0.717, 1.165) is 0 Å². The topological polar surface area (TPSA) is 74.6 Å². The largest absolute Gasteiger partial charge is 0.260 e. The highest BCUT2D eigenvalue weighted by atomic mass is 35.5. The molecule has 1 aromatic heterocycles. The number of hydrogen-bond acceptors (Lipinski definition) is 6. The molecule has 0 saturated heterocycles. The van der Waals surface area contributed by atoms with Crippen molar-refractivity contribution < 1.29 is 8.78 Å². The lowest BCUT2D eigenvalue weighted by atomic mass is 10.2. The zero-order valence-electron chi connectivity index (χ0n) is 14.1. The highest BCUT2D eigenvalue weighted by molar-refractivity contribution is 6.33. The SMILES string of the molecule is Fc1cccc(Cl)c1C=NNc1ccc(NN=Cc2c(F)cccc2Cl)nn1. The summed E-state index contributed by atoms with van der Waals surface area (Å²) >= 11 is 11.8. The van der Waals surface area contributed by atoms with Crippen molar-refractivity contribution in [2.75, 3.05) is 10.9 Å². The van der Waals surface area contributed by atoms with Crippen LogP contribution in [0.3, 0.4) is 0 Å². The van der Waals surface area contributed by atoms with Gasteiger partial charge in [0.15, 0.2) is 11.6 Å². The van der Waals surface area contributed by atoms with Crippen LogP contribution in [0.1, 0.15) is 11.1 Å². The zero-order chi connectivity index (χ0) is 19.9. The third-order valence-corrected chi connectivity index (χ3v) is 4.07. The molecule has 2 N–H and O–H groups in total. The Morgan fingerprint density at radius 2 is 1.14 bits per heavy atom. The van der Waals surface area contributed by atoms with Crippen molar-refractivity contribution in [1.29, 1.82) is 0 Å². The lowest BCUT2D eigenvalue weighted by Crippen LogP contribution is -2.00. The molecule has 28 heavy (non-hydrogen) atoms. The average molecular weight is 421 g/mol. The number of aromatic nitrogens is 2. The van der Waals surface area contributed by atoms with Crippen LogP contribution in [0.25, 0.3) is 0 Å². The second-order valence-corrected chi connectivity index (χ2v) is 6.13. The number of anilines is 2. The number of halogens is 4. The molecule has 3 rings (SSSR count). The number of hydrogen-bond donors (Lipinski definition) is 2. The molecule has 1 heterocycles. The summed E-state index contributed by atoms with van der Waals surface area (Å²) in [4.78, 5) is 0. The van der Waals surface area contributed by atoms with Crippen molar-refractivity contribution in [3.63, 3.8) is 0 Å². The van der Waals surface area contributed by atoms with Gasteiger partial charge in [0, 0.05) is 11.1 Å². The van der Waals surface area contributed by atoms with E-state index in [1.54, 1.807) is 24.3 Å². The van der Waals surface area contributed by atoms with Gasteiger partial charge in [-0.15, -0.1) is 10.2 Å². The van der Waals surface area contributed by atoms with E-state index in [-0.39, 0.29) is 21.2 Å². The number of benzene rings is 2. The van der Waals surface area contributed by atoms with Crippen LogP contribution in [-0.2, 0) is 0 Å². The maximum atomic E-state index is 13.6. The van der Waals surface area contributed by atoms with Crippen molar-refractivity contribution in [2.45, 2.75) is 0 Å². The lowest BCUT2D eigenvalue weighted by Gasteiger charge is -2.02. The normalized spacial score (nSPS) is 11.3. The van der Waals surface area contributed by atoms with E-state index in [4.69, 9.17) is 23.2 Å². The molecule has 0 unspecified atom stereocenters. The van der Waals surface area contributed by atoms with Crippen LogP contribution >= 0.6 is 23.2 Å². The Hall–Kier alpha value is -3.10. The maximum absolute atomic E-state index is 13.6. The van der Waals surface area contributed by atoms with Gasteiger partial charge in [-0.25, -0.2) is 8.78 Å². The Morgan fingerprint density at radius 3 is 1.50 bits per heavy atom. The number of nitrogens with zero attached hydrogens (tertiary/aromatic N) is 4. The fourth-order valence-corrected chi connectivity index (χ4v) is 2.47. The maximum Gasteiger partial charge on any atom is 0.168 e. The van der Waals surface area contributed by atoms with Gasteiger partial charge in [0.1, 0.15) is 11.6 Å². The van der Waals surface area contributed by atoms with E-state index in [0.29, 0.717) is 11.6 Å². The Bertz CT molecular complexity index is 902. The van der Waals surface area contributed by atoms with E-state index < -0.39 is 11.6 Å². The smallest absolute Gasteiger partial charge is 0.168 e. The summed E-state index contributed by atoms with van der Waals surface area (Å²) in [7, 11) is 0. The van der Waals surface area contributed by atoms with Crippen LogP contribution in [0.15, 0.2) is 58.7 Å². The first kappa shape index (κ1) is 19.7. The standard InChI is InChI=1S/C18H12Cl2F2N6/c19-13-3-1-5-15(21)11(13)9-23-25-17-7-8-18(28-27-17)26-24-10-12-14(20)4-2-6-16(12)22/h1-10H,(H,25,27)(H,26,28). The number of nitrogens with one attached hydrogen (secondary N) is 2. The monoisotopic (exact) mass is 420 g/mol. The molecule has 0 atom stereocenters. The first-order valence-corrected chi connectivity index (χ1v) is 8.60. The molecule has 142 valence electrons. The van der Waals surface area contributed by atoms with E-state index in [1.165, 1.54) is 36.7 Å². The lowest BCUT2D eigenvalue weighted by molar-refractivity contribution is 0.625. The van der Waals surface area contributed by atoms with Gasteiger partial charge < -0.3 is 0 Å². The molecular formula is C18H12Cl2F2N6. The zero-order valence-corrected chi connectivity index (χ0v) is 15.6. The second kappa shape index (κ2) is 9.20. The third-order valence-electron chi connectivity index (χ3n) is 3.41.